The van der Waals surface area contributed by atoms with Gasteiger partial charge in [-0.2, -0.15) is 0 Å². The number of hydrogen-bond donors (Lipinski definition) is 0. The number of amides is 1. The molecule has 1 aliphatic heterocycles. The Morgan fingerprint density at radius 3 is 2.76 bits per heavy atom. The molecule has 0 saturated carbocycles. The number of hydrogen-bond acceptors (Lipinski definition) is 6. The largest absolute Gasteiger partial charge is 0.493 e. The summed E-state index contributed by atoms with van der Waals surface area (Å²) in [6.07, 6.45) is 2.00. The van der Waals surface area contributed by atoms with Gasteiger partial charge in [-0.15, -0.1) is 10.2 Å². The van der Waals surface area contributed by atoms with Gasteiger partial charge in [0.15, 0.2) is 17.3 Å². The van der Waals surface area contributed by atoms with Crippen molar-refractivity contribution in [2.24, 2.45) is 0 Å². The van der Waals surface area contributed by atoms with Gasteiger partial charge >= 0.3 is 0 Å². The second-order valence-corrected chi connectivity index (χ2v) is 6.64. The first-order chi connectivity index (χ1) is 12.1. The van der Waals surface area contributed by atoms with Crippen LogP contribution in [-0.4, -0.2) is 40.2 Å². The van der Waals surface area contributed by atoms with Crippen LogP contribution in [-0.2, 0) is 11.4 Å². The Morgan fingerprint density at radius 1 is 1.28 bits per heavy atom. The molecule has 2 aromatic rings. The van der Waals surface area contributed by atoms with E-state index in [2.05, 4.69) is 10.2 Å². The number of thioether (sulfide) groups is 1. The van der Waals surface area contributed by atoms with E-state index in [1.165, 1.54) is 11.8 Å². The first kappa shape index (κ1) is 17.3. The monoisotopic (exact) mass is 360 g/mol. The third kappa shape index (κ3) is 3.79. The van der Waals surface area contributed by atoms with Gasteiger partial charge in [-0.05, 0) is 26.0 Å². The smallest absolute Gasteiger partial charge is 0.252 e. The lowest BCUT2D eigenvalue weighted by Gasteiger charge is -2.28. The lowest BCUT2D eigenvalue weighted by Crippen LogP contribution is -2.46. The van der Waals surface area contributed by atoms with E-state index >= 15 is 0 Å². The zero-order valence-corrected chi connectivity index (χ0v) is 15.2. The summed E-state index contributed by atoms with van der Waals surface area (Å²) in [5.41, 5.74) is 1.15. The SMILES string of the molecule is COc1ccccc1OCc1nnc2n1N(CC=C(C)C)C(=O)CS2. The number of benzene rings is 1. The van der Waals surface area contributed by atoms with Gasteiger partial charge < -0.3 is 9.47 Å². The van der Waals surface area contributed by atoms with E-state index in [1.54, 1.807) is 16.8 Å². The molecule has 0 spiro atoms. The number of aromatic nitrogens is 3. The average molecular weight is 360 g/mol. The number of carbonyl (C=O) groups excluding carboxylic acids is 1. The van der Waals surface area contributed by atoms with Crippen LogP contribution < -0.4 is 14.5 Å². The molecule has 0 saturated heterocycles. The quantitative estimate of drug-likeness (QED) is 0.737. The molecule has 0 fully saturated rings. The summed E-state index contributed by atoms with van der Waals surface area (Å²) >= 11 is 1.38. The van der Waals surface area contributed by atoms with Crippen molar-refractivity contribution in [2.45, 2.75) is 25.6 Å². The van der Waals surface area contributed by atoms with Gasteiger partial charge in [0, 0.05) is 0 Å². The molecule has 0 aliphatic carbocycles. The van der Waals surface area contributed by atoms with Gasteiger partial charge in [-0.1, -0.05) is 35.5 Å². The molecule has 25 heavy (non-hydrogen) atoms. The molecule has 1 amide bonds. The lowest BCUT2D eigenvalue weighted by molar-refractivity contribution is -0.117. The fourth-order valence-corrected chi connectivity index (χ4v) is 3.19. The molecular weight excluding hydrogens is 340 g/mol. The maximum Gasteiger partial charge on any atom is 0.252 e. The molecule has 1 aliphatic rings. The topological polar surface area (TPSA) is 69.5 Å². The fourth-order valence-electron chi connectivity index (χ4n) is 2.36. The Hall–Kier alpha value is -2.48. The van der Waals surface area contributed by atoms with Crippen molar-refractivity contribution < 1.29 is 14.3 Å². The van der Waals surface area contributed by atoms with Gasteiger partial charge in [0.25, 0.3) is 5.91 Å². The third-order valence-electron chi connectivity index (χ3n) is 3.63. The minimum Gasteiger partial charge on any atom is -0.493 e. The predicted octanol–water partition coefficient (Wildman–Crippen LogP) is 2.40. The maximum atomic E-state index is 12.3. The number of rotatable bonds is 6. The second-order valence-electron chi connectivity index (χ2n) is 5.70. The third-order valence-corrected chi connectivity index (χ3v) is 4.53. The van der Waals surface area contributed by atoms with Gasteiger partial charge in [-0.3, -0.25) is 4.79 Å². The molecule has 0 atom stereocenters. The maximum absolute atomic E-state index is 12.3. The molecule has 0 bridgehead atoms. The van der Waals surface area contributed by atoms with Crippen molar-refractivity contribution in [1.82, 2.24) is 14.9 Å². The van der Waals surface area contributed by atoms with E-state index in [0.717, 1.165) is 5.57 Å². The van der Waals surface area contributed by atoms with E-state index in [-0.39, 0.29) is 12.5 Å². The molecule has 1 aromatic heterocycles. The Morgan fingerprint density at radius 2 is 2.04 bits per heavy atom. The van der Waals surface area contributed by atoms with Crippen LogP contribution in [0.1, 0.15) is 19.7 Å². The Kier molecular flexibility index (Phi) is 5.28. The molecule has 132 valence electrons. The molecule has 0 N–H and O–H groups in total. The number of allylic oxidation sites excluding steroid dienone is 1. The molecular formula is C17H20N4O3S. The van der Waals surface area contributed by atoms with E-state index in [4.69, 9.17) is 9.47 Å². The van der Waals surface area contributed by atoms with Crippen LogP contribution in [0.25, 0.3) is 0 Å². The van der Waals surface area contributed by atoms with Crippen LogP contribution in [0.2, 0.25) is 0 Å². The second kappa shape index (κ2) is 7.60. The summed E-state index contributed by atoms with van der Waals surface area (Å²) in [6.45, 7) is 4.67. The zero-order valence-electron chi connectivity index (χ0n) is 14.4. The Bertz CT molecular complexity index is 799. The van der Waals surface area contributed by atoms with Gasteiger partial charge in [-0.25, -0.2) is 9.69 Å². The minimum atomic E-state index is 0.0216. The Labute approximate surface area is 150 Å². The highest BCUT2D eigenvalue weighted by atomic mass is 32.2. The van der Waals surface area contributed by atoms with E-state index in [9.17, 15) is 4.79 Å². The van der Waals surface area contributed by atoms with Crippen molar-refractivity contribution in [3.05, 3.63) is 41.7 Å². The highest BCUT2D eigenvalue weighted by molar-refractivity contribution is 7.99. The number of nitrogens with zero attached hydrogens (tertiary/aromatic N) is 4. The predicted molar refractivity (Wildman–Crippen MR) is 95.6 cm³/mol. The van der Waals surface area contributed by atoms with Crippen LogP contribution >= 0.6 is 11.8 Å². The first-order valence-electron chi connectivity index (χ1n) is 7.87. The molecule has 1 aromatic carbocycles. The van der Waals surface area contributed by atoms with Crippen LogP contribution in [0.5, 0.6) is 11.5 Å². The molecule has 0 radical (unpaired) electrons. The first-order valence-corrected chi connectivity index (χ1v) is 8.85. The minimum absolute atomic E-state index is 0.0216. The van der Waals surface area contributed by atoms with Crippen molar-refractivity contribution >= 4 is 17.7 Å². The number of methoxy groups -OCH3 is 1. The average Bonchev–Trinajstić information content (AvgIpc) is 3.02. The number of ether oxygens (including phenoxy) is 2. The lowest BCUT2D eigenvalue weighted by atomic mass is 10.3. The van der Waals surface area contributed by atoms with Crippen molar-refractivity contribution in [2.75, 3.05) is 24.4 Å². The standard InChI is InChI=1S/C17H20N4O3S/c1-12(2)8-9-20-16(22)11-25-17-19-18-15(21(17)20)10-24-14-7-5-4-6-13(14)23-3/h4-8H,9-11H2,1-3H3. The number of para-hydroxylation sites is 2. The Balaban J connectivity index is 1.83. The van der Waals surface area contributed by atoms with E-state index in [1.807, 2.05) is 44.2 Å². The summed E-state index contributed by atoms with van der Waals surface area (Å²) in [4.78, 5) is 12.3. The number of fused-ring (bicyclic) bond motifs is 1. The molecule has 0 unspecified atom stereocenters. The normalized spacial score (nSPS) is 13.4. The summed E-state index contributed by atoms with van der Waals surface area (Å²) in [5.74, 6) is 2.22. The molecule has 3 rings (SSSR count). The van der Waals surface area contributed by atoms with Crippen LogP contribution in [0, 0.1) is 0 Å². The molecule has 8 heteroatoms. The van der Waals surface area contributed by atoms with Crippen molar-refractivity contribution in [3.63, 3.8) is 0 Å². The fraction of sp³-hybridized carbons (Fsp3) is 0.353. The summed E-state index contributed by atoms with van der Waals surface area (Å²) in [7, 11) is 1.59. The molecule has 2 heterocycles. The van der Waals surface area contributed by atoms with Gasteiger partial charge in [0.05, 0.1) is 19.4 Å². The van der Waals surface area contributed by atoms with Gasteiger partial charge in [0.1, 0.15) is 6.61 Å². The zero-order chi connectivity index (χ0) is 17.8. The summed E-state index contributed by atoms with van der Waals surface area (Å²) in [5, 5.41) is 10.7. The van der Waals surface area contributed by atoms with Crippen LogP contribution in [0.4, 0.5) is 0 Å². The van der Waals surface area contributed by atoms with Crippen molar-refractivity contribution in [3.8, 4) is 11.5 Å². The van der Waals surface area contributed by atoms with Crippen molar-refractivity contribution in [1.29, 1.82) is 0 Å². The van der Waals surface area contributed by atoms with E-state index < -0.39 is 0 Å². The van der Waals surface area contributed by atoms with Crippen LogP contribution in [0.3, 0.4) is 0 Å². The van der Waals surface area contributed by atoms with E-state index in [0.29, 0.717) is 34.8 Å². The van der Waals surface area contributed by atoms with Crippen LogP contribution in [0.15, 0.2) is 41.1 Å². The highest BCUT2D eigenvalue weighted by Crippen LogP contribution is 2.28. The van der Waals surface area contributed by atoms with Gasteiger partial charge in [0.2, 0.25) is 5.16 Å². The summed E-state index contributed by atoms with van der Waals surface area (Å²) in [6, 6.07) is 7.40. The molecule has 7 nitrogen and oxygen atoms in total. The summed E-state index contributed by atoms with van der Waals surface area (Å²) < 4.78 is 12.9. The number of carbonyl (C=O) groups is 1. The highest BCUT2D eigenvalue weighted by Gasteiger charge is 2.28.